The molecule has 1 aliphatic rings. The summed E-state index contributed by atoms with van der Waals surface area (Å²) in [5.74, 6) is 0. The third kappa shape index (κ3) is 3.65. The normalized spacial score (nSPS) is 19.1. The summed E-state index contributed by atoms with van der Waals surface area (Å²) in [7, 11) is 0. The van der Waals surface area contributed by atoms with Crippen molar-refractivity contribution >= 4 is 29.5 Å². The van der Waals surface area contributed by atoms with Gasteiger partial charge in [0, 0.05) is 4.91 Å². The van der Waals surface area contributed by atoms with E-state index in [4.69, 9.17) is 16.3 Å². The largest absolute Gasteiger partial charge is 0.444 e. The molecule has 8 heteroatoms. The van der Waals surface area contributed by atoms with Gasteiger partial charge in [-0.1, -0.05) is 53.7 Å². The van der Waals surface area contributed by atoms with Crippen molar-refractivity contribution in [3.05, 3.63) is 46.5 Å². The number of hydrogen-bond donors (Lipinski definition) is 0. The summed E-state index contributed by atoms with van der Waals surface area (Å²) in [4.78, 5) is 11.1. The number of rotatable bonds is 2. The van der Waals surface area contributed by atoms with E-state index in [1.165, 1.54) is 6.92 Å². The summed E-state index contributed by atoms with van der Waals surface area (Å²) >= 11 is 6.56. The van der Waals surface area contributed by atoms with Crippen LogP contribution in [-0.4, -0.2) is 22.0 Å². The van der Waals surface area contributed by atoms with E-state index in [0.717, 1.165) is 11.8 Å². The molecule has 0 bridgehead atoms. The number of carbonyl (C=O) groups excluding carboxylic acids is 1. The second kappa shape index (κ2) is 6.19. The van der Waals surface area contributed by atoms with Gasteiger partial charge in [-0.2, -0.15) is 13.2 Å². The van der Waals surface area contributed by atoms with E-state index in [1.54, 1.807) is 30.3 Å². The molecular weight excluding hydrogens is 327 g/mol. The summed E-state index contributed by atoms with van der Waals surface area (Å²) in [5, 5.41) is 0. The molecule has 1 heterocycles. The Kier molecular flexibility index (Phi) is 4.73. The van der Waals surface area contributed by atoms with Gasteiger partial charge in [-0.3, -0.25) is 0 Å². The average molecular weight is 338 g/mol. The van der Waals surface area contributed by atoms with Gasteiger partial charge in [-0.15, -0.1) is 0 Å². The lowest BCUT2D eigenvalue weighted by Crippen LogP contribution is -2.37. The fourth-order valence-corrected chi connectivity index (χ4v) is 3.32. The third-order valence-electron chi connectivity index (χ3n) is 2.72. The Labute approximate surface area is 128 Å². The van der Waals surface area contributed by atoms with Crippen LogP contribution in [-0.2, 0) is 11.3 Å². The molecule has 1 unspecified atom stereocenters. The standard InChI is InChI=1S/C13H11ClF3NO2S/c1-8-10(13(15,16)17)18(11(14)21-8)12(19)20-7-9-5-3-2-4-6-9/h2-6,11H,7H2,1H3. The quantitative estimate of drug-likeness (QED) is 0.579. The molecule has 0 radical (unpaired) electrons. The number of allylic oxidation sites excluding steroid dienone is 2. The third-order valence-corrected chi connectivity index (χ3v) is 4.14. The minimum atomic E-state index is -4.66. The Balaban J connectivity index is 2.10. The number of carbonyl (C=O) groups is 1. The summed E-state index contributed by atoms with van der Waals surface area (Å²) in [6.45, 7) is 1.15. The fourth-order valence-electron chi connectivity index (χ4n) is 1.82. The Morgan fingerprint density at radius 2 is 2.00 bits per heavy atom. The van der Waals surface area contributed by atoms with Gasteiger partial charge in [0.25, 0.3) is 0 Å². The molecule has 21 heavy (non-hydrogen) atoms. The smallest absolute Gasteiger partial charge is 0.432 e. The first-order valence-corrected chi connectivity index (χ1v) is 7.21. The zero-order valence-corrected chi connectivity index (χ0v) is 12.4. The van der Waals surface area contributed by atoms with Crippen LogP contribution in [0, 0.1) is 0 Å². The second-order valence-electron chi connectivity index (χ2n) is 4.22. The van der Waals surface area contributed by atoms with Crippen LogP contribution in [0.1, 0.15) is 12.5 Å². The van der Waals surface area contributed by atoms with Crippen molar-refractivity contribution < 1.29 is 22.7 Å². The predicted octanol–water partition coefficient (Wildman–Crippen LogP) is 4.69. The number of amides is 1. The Bertz CT molecular complexity index is 562. The van der Waals surface area contributed by atoms with Gasteiger partial charge in [0.05, 0.1) is 0 Å². The lowest BCUT2D eigenvalue weighted by Gasteiger charge is -2.23. The summed E-state index contributed by atoms with van der Waals surface area (Å²) in [6.07, 6.45) is -5.78. The van der Waals surface area contributed by atoms with Crippen molar-refractivity contribution in [1.82, 2.24) is 4.90 Å². The Morgan fingerprint density at radius 3 is 2.57 bits per heavy atom. The molecule has 1 atom stereocenters. The molecule has 1 aliphatic heterocycles. The number of hydrogen-bond acceptors (Lipinski definition) is 3. The summed E-state index contributed by atoms with van der Waals surface area (Å²) < 4.78 is 43.8. The first kappa shape index (κ1) is 16.0. The van der Waals surface area contributed by atoms with Crippen molar-refractivity contribution in [2.45, 2.75) is 24.5 Å². The molecule has 0 fully saturated rings. The van der Waals surface area contributed by atoms with E-state index in [-0.39, 0.29) is 11.5 Å². The van der Waals surface area contributed by atoms with Crippen LogP contribution in [0.2, 0.25) is 0 Å². The first-order chi connectivity index (χ1) is 9.80. The number of ether oxygens (including phenoxy) is 1. The van der Waals surface area contributed by atoms with Gasteiger partial charge in [-0.05, 0) is 12.5 Å². The van der Waals surface area contributed by atoms with E-state index in [0.29, 0.717) is 10.5 Å². The number of alkyl halides is 4. The Morgan fingerprint density at radius 1 is 1.38 bits per heavy atom. The van der Waals surface area contributed by atoms with Crippen LogP contribution in [0.5, 0.6) is 0 Å². The average Bonchev–Trinajstić information content (AvgIpc) is 2.72. The maximum absolute atomic E-state index is 13.0. The molecule has 114 valence electrons. The number of thioether (sulfide) groups is 1. The maximum Gasteiger partial charge on any atom is 0.432 e. The molecule has 1 aromatic carbocycles. The van der Waals surface area contributed by atoms with E-state index in [1.807, 2.05) is 0 Å². The van der Waals surface area contributed by atoms with Gasteiger partial charge in [0.1, 0.15) is 12.3 Å². The van der Waals surface area contributed by atoms with Crippen LogP contribution in [0.3, 0.4) is 0 Å². The molecule has 2 rings (SSSR count). The van der Waals surface area contributed by atoms with E-state index >= 15 is 0 Å². The summed E-state index contributed by atoms with van der Waals surface area (Å²) in [6, 6.07) is 8.67. The van der Waals surface area contributed by atoms with Gasteiger partial charge in [-0.25, -0.2) is 9.69 Å². The van der Waals surface area contributed by atoms with Crippen LogP contribution in [0.4, 0.5) is 18.0 Å². The number of halogens is 4. The molecule has 0 aromatic heterocycles. The van der Waals surface area contributed by atoms with Crippen LogP contribution in [0.15, 0.2) is 40.9 Å². The molecule has 0 saturated heterocycles. The van der Waals surface area contributed by atoms with Gasteiger partial charge in [0.15, 0.2) is 4.83 Å². The molecule has 1 amide bonds. The molecule has 3 nitrogen and oxygen atoms in total. The van der Waals surface area contributed by atoms with Gasteiger partial charge < -0.3 is 4.74 Å². The van der Waals surface area contributed by atoms with Gasteiger partial charge >= 0.3 is 12.3 Å². The molecule has 0 spiro atoms. The topological polar surface area (TPSA) is 29.5 Å². The Hall–Kier alpha value is -1.34. The van der Waals surface area contributed by atoms with Crippen LogP contribution in [0.25, 0.3) is 0 Å². The van der Waals surface area contributed by atoms with Gasteiger partial charge in [0.2, 0.25) is 0 Å². The minimum Gasteiger partial charge on any atom is -0.444 e. The van der Waals surface area contributed by atoms with Crippen LogP contribution >= 0.6 is 23.4 Å². The molecule has 0 aliphatic carbocycles. The highest BCUT2D eigenvalue weighted by atomic mass is 35.5. The van der Waals surface area contributed by atoms with E-state index in [9.17, 15) is 18.0 Å². The molecular formula is C13H11ClF3NO2S. The predicted molar refractivity (Wildman–Crippen MR) is 74.5 cm³/mol. The maximum atomic E-state index is 13.0. The monoisotopic (exact) mass is 337 g/mol. The second-order valence-corrected chi connectivity index (χ2v) is 6.19. The van der Waals surface area contributed by atoms with E-state index < -0.39 is 22.8 Å². The molecule has 0 N–H and O–H groups in total. The molecule has 0 saturated carbocycles. The molecule has 1 aromatic rings. The highest BCUT2D eigenvalue weighted by Crippen LogP contribution is 2.46. The lowest BCUT2D eigenvalue weighted by atomic mass is 10.2. The number of nitrogens with zero attached hydrogens (tertiary/aromatic N) is 1. The van der Waals surface area contributed by atoms with Crippen molar-refractivity contribution in [2.75, 3.05) is 0 Å². The van der Waals surface area contributed by atoms with Crippen molar-refractivity contribution in [3.63, 3.8) is 0 Å². The van der Waals surface area contributed by atoms with Crippen molar-refractivity contribution in [1.29, 1.82) is 0 Å². The van der Waals surface area contributed by atoms with Crippen LogP contribution < -0.4 is 0 Å². The SMILES string of the molecule is CC1=C(C(F)(F)F)N(C(=O)OCc2ccccc2)C(Cl)S1. The minimum absolute atomic E-state index is 0.0563. The highest BCUT2D eigenvalue weighted by Gasteiger charge is 2.49. The zero-order chi connectivity index (χ0) is 15.6. The lowest BCUT2D eigenvalue weighted by molar-refractivity contribution is -0.109. The zero-order valence-electron chi connectivity index (χ0n) is 10.9. The van der Waals surface area contributed by atoms with Crippen molar-refractivity contribution in [2.24, 2.45) is 0 Å². The van der Waals surface area contributed by atoms with E-state index in [2.05, 4.69) is 0 Å². The highest BCUT2D eigenvalue weighted by molar-refractivity contribution is 8.04. The van der Waals surface area contributed by atoms with Crippen molar-refractivity contribution in [3.8, 4) is 0 Å². The fraction of sp³-hybridized carbons (Fsp3) is 0.308. The summed E-state index contributed by atoms with van der Waals surface area (Å²) in [5.41, 5.74) is -0.386. The first-order valence-electron chi connectivity index (χ1n) is 5.89. The number of benzene rings is 1.